The lowest BCUT2D eigenvalue weighted by molar-refractivity contribution is 0.152. The van der Waals surface area contributed by atoms with Crippen LogP contribution in [0.5, 0.6) is 0 Å². The minimum atomic E-state index is -0.574. The number of likely N-dealkylation sites (tertiary alicyclic amines) is 1. The van der Waals surface area contributed by atoms with Crippen LogP contribution in [-0.4, -0.2) is 38.3 Å². The van der Waals surface area contributed by atoms with Crippen LogP contribution in [0.2, 0.25) is 0 Å². The summed E-state index contributed by atoms with van der Waals surface area (Å²) in [5, 5.41) is 0. The van der Waals surface area contributed by atoms with E-state index in [1.807, 2.05) is 0 Å². The fourth-order valence-electron chi connectivity index (χ4n) is 2.63. The molecule has 5 heteroatoms. The van der Waals surface area contributed by atoms with Crippen molar-refractivity contribution in [2.45, 2.75) is 12.5 Å². The third-order valence-corrected chi connectivity index (χ3v) is 3.59. The molecule has 1 aliphatic rings. The zero-order chi connectivity index (χ0) is 13.8. The van der Waals surface area contributed by atoms with E-state index in [2.05, 4.69) is 4.90 Å². The lowest BCUT2D eigenvalue weighted by atomic mass is 10.1. The molecule has 1 fully saturated rings. The maximum atomic E-state index is 13.6. The molecule has 2 unspecified atom stereocenters. The zero-order valence-corrected chi connectivity index (χ0v) is 11.1. The Morgan fingerprint density at radius 3 is 2.95 bits per heavy atom. The minimum Gasteiger partial charge on any atom is -0.384 e. The summed E-state index contributed by atoms with van der Waals surface area (Å²) < 4.78 is 31.6. The topological polar surface area (TPSA) is 38.5 Å². The molecule has 1 saturated heterocycles. The van der Waals surface area contributed by atoms with Crippen molar-refractivity contribution in [3.63, 3.8) is 0 Å². The van der Waals surface area contributed by atoms with Crippen LogP contribution < -0.4 is 5.73 Å². The highest BCUT2D eigenvalue weighted by Crippen LogP contribution is 2.21. The number of hydrogen-bond donors (Lipinski definition) is 1. The van der Waals surface area contributed by atoms with E-state index >= 15 is 0 Å². The molecule has 1 aromatic carbocycles. The normalized spacial score (nSPS) is 21.8. The second kappa shape index (κ2) is 6.41. The summed E-state index contributed by atoms with van der Waals surface area (Å²) in [5.41, 5.74) is 6.38. The van der Waals surface area contributed by atoms with E-state index < -0.39 is 17.7 Å². The van der Waals surface area contributed by atoms with Crippen molar-refractivity contribution in [3.05, 3.63) is 35.4 Å². The molecule has 0 saturated carbocycles. The van der Waals surface area contributed by atoms with Crippen LogP contribution >= 0.6 is 0 Å². The maximum Gasteiger partial charge on any atom is 0.130 e. The molecule has 0 bridgehead atoms. The summed E-state index contributed by atoms with van der Waals surface area (Å²) >= 11 is 0. The number of halogens is 2. The van der Waals surface area contributed by atoms with Crippen molar-refractivity contribution in [2.24, 2.45) is 11.7 Å². The highest BCUT2D eigenvalue weighted by molar-refractivity contribution is 5.22. The van der Waals surface area contributed by atoms with Crippen molar-refractivity contribution >= 4 is 0 Å². The first-order chi connectivity index (χ1) is 9.10. The monoisotopic (exact) mass is 270 g/mol. The lowest BCUT2D eigenvalue weighted by Crippen LogP contribution is -2.31. The Labute approximate surface area is 112 Å². The smallest absolute Gasteiger partial charge is 0.130 e. The van der Waals surface area contributed by atoms with Crippen molar-refractivity contribution < 1.29 is 13.5 Å². The van der Waals surface area contributed by atoms with Crippen molar-refractivity contribution in [2.75, 3.05) is 33.4 Å². The predicted molar refractivity (Wildman–Crippen MR) is 69.7 cm³/mol. The summed E-state index contributed by atoms with van der Waals surface area (Å²) in [6.07, 6.45) is 1.08. The molecule has 106 valence electrons. The van der Waals surface area contributed by atoms with Gasteiger partial charge in [0.25, 0.3) is 0 Å². The summed E-state index contributed by atoms with van der Waals surface area (Å²) in [5.74, 6) is -0.620. The summed E-state index contributed by atoms with van der Waals surface area (Å²) in [6, 6.07) is 3.13. The van der Waals surface area contributed by atoms with Gasteiger partial charge in [-0.1, -0.05) is 6.07 Å². The van der Waals surface area contributed by atoms with Gasteiger partial charge in [-0.15, -0.1) is 0 Å². The molecule has 0 radical (unpaired) electrons. The Hall–Kier alpha value is -1.04. The molecule has 2 rings (SSSR count). The molecule has 1 heterocycles. The Bertz CT molecular complexity index is 428. The second-order valence-electron chi connectivity index (χ2n) is 5.14. The largest absolute Gasteiger partial charge is 0.384 e. The molecule has 1 aromatic rings. The summed E-state index contributed by atoms with van der Waals surface area (Å²) in [4.78, 5) is 2.21. The van der Waals surface area contributed by atoms with Gasteiger partial charge in [-0.2, -0.15) is 0 Å². The molecule has 0 aromatic heterocycles. The molecular formula is C14H20F2N2O. The van der Waals surface area contributed by atoms with E-state index in [1.54, 1.807) is 7.11 Å². The first-order valence-electron chi connectivity index (χ1n) is 6.52. The molecular weight excluding hydrogens is 250 g/mol. The van der Waals surface area contributed by atoms with Gasteiger partial charge < -0.3 is 15.4 Å². The third-order valence-electron chi connectivity index (χ3n) is 3.59. The fraction of sp³-hybridized carbons (Fsp3) is 0.571. The first-order valence-corrected chi connectivity index (χ1v) is 6.52. The van der Waals surface area contributed by atoms with Crippen molar-refractivity contribution in [3.8, 4) is 0 Å². The van der Waals surface area contributed by atoms with E-state index in [-0.39, 0.29) is 0 Å². The number of nitrogens with zero attached hydrogens (tertiary/aromatic N) is 1. The molecule has 2 atom stereocenters. The zero-order valence-electron chi connectivity index (χ0n) is 11.1. The standard InChI is InChI=1S/C14H20F2N2O/c1-19-9-10-4-5-18(7-10)8-14(17)12-3-2-11(15)6-13(12)16/h2-3,6,10,14H,4-5,7-9,17H2,1H3. The minimum absolute atomic E-state index is 0.372. The van der Waals surface area contributed by atoms with Gasteiger partial charge in [0, 0.05) is 37.9 Å². The Morgan fingerprint density at radius 2 is 2.26 bits per heavy atom. The lowest BCUT2D eigenvalue weighted by Gasteiger charge is -2.21. The summed E-state index contributed by atoms with van der Waals surface area (Å²) in [6.45, 7) is 3.20. The predicted octanol–water partition coefficient (Wildman–Crippen LogP) is 1.93. The van der Waals surface area contributed by atoms with E-state index in [9.17, 15) is 8.78 Å². The summed E-state index contributed by atoms with van der Waals surface area (Å²) in [7, 11) is 1.70. The van der Waals surface area contributed by atoms with Gasteiger partial charge in [0.1, 0.15) is 11.6 Å². The Balaban J connectivity index is 1.92. The number of nitrogens with two attached hydrogens (primary N) is 1. The highest BCUT2D eigenvalue weighted by atomic mass is 19.1. The molecule has 1 aliphatic heterocycles. The number of rotatable bonds is 5. The number of methoxy groups -OCH3 is 1. The number of ether oxygens (including phenoxy) is 1. The average molecular weight is 270 g/mol. The van der Waals surface area contributed by atoms with Crippen LogP contribution in [0.15, 0.2) is 18.2 Å². The number of hydrogen-bond acceptors (Lipinski definition) is 3. The quantitative estimate of drug-likeness (QED) is 0.888. The van der Waals surface area contributed by atoms with E-state index in [0.717, 1.165) is 32.2 Å². The van der Waals surface area contributed by atoms with Crippen LogP contribution in [0.1, 0.15) is 18.0 Å². The third kappa shape index (κ3) is 3.72. The van der Waals surface area contributed by atoms with Gasteiger partial charge in [-0.3, -0.25) is 0 Å². The SMILES string of the molecule is COCC1CCN(CC(N)c2ccc(F)cc2F)C1. The van der Waals surface area contributed by atoms with E-state index in [0.29, 0.717) is 18.0 Å². The van der Waals surface area contributed by atoms with Crippen molar-refractivity contribution in [1.29, 1.82) is 0 Å². The second-order valence-corrected chi connectivity index (χ2v) is 5.14. The van der Waals surface area contributed by atoms with Crippen LogP contribution in [0.4, 0.5) is 8.78 Å². The average Bonchev–Trinajstić information content (AvgIpc) is 2.76. The molecule has 19 heavy (non-hydrogen) atoms. The van der Waals surface area contributed by atoms with Crippen LogP contribution in [0, 0.1) is 17.6 Å². The first kappa shape index (κ1) is 14.4. The van der Waals surface area contributed by atoms with Gasteiger partial charge in [0.2, 0.25) is 0 Å². The highest BCUT2D eigenvalue weighted by Gasteiger charge is 2.24. The van der Waals surface area contributed by atoms with E-state index in [1.165, 1.54) is 12.1 Å². The maximum absolute atomic E-state index is 13.6. The fourth-order valence-corrected chi connectivity index (χ4v) is 2.63. The number of benzene rings is 1. The van der Waals surface area contributed by atoms with Gasteiger partial charge in [0.05, 0.1) is 6.61 Å². The van der Waals surface area contributed by atoms with Crippen molar-refractivity contribution in [1.82, 2.24) is 4.90 Å². The Kier molecular flexibility index (Phi) is 4.85. The molecule has 0 spiro atoms. The molecule has 0 aliphatic carbocycles. The van der Waals surface area contributed by atoms with E-state index in [4.69, 9.17) is 10.5 Å². The molecule has 2 N–H and O–H groups in total. The molecule has 0 amide bonds. The molecule has 3 nitrogen and oxygen atoms in total. The van der Waals surface area contributed by atoms with Crippen LogP contribution in [-0.2, 0) is 4.74 Å². The van der Waals surface area contributed by atoms with Crippen LogP contribution in [0.3, 0.4) is 0 Å². The van der Waals surface area contributed by atoms with Crippen LogP contribution in [0.25, 0.3) is 0 Å². The Morgan fingerprint density at radius 1 is 1.47 bits per heavy atom. The van der Waals surface area contributed by atoms with Gasteiger partial charge in [-0.25, -0.2) is 8.78 Å². The van der Waals surface area contributed by atoms with Gasteiger partial charge in [-0.05, 0) is 24.9 Å². The van der Waals surface area contributed by atoms with Gasteiger partial charge >= 0.3 is 0 Å². The van der Waals surface area contributed by atoms with Gasteiger partial charge in [0.15, 0.2) is 0 Å².